The van der Waals surface area contributed by atoms with Crippen molar-refractivity contribution in [2.24, 2.45) is 0 Å². The smallest absolute Gasteiger partial charge is 0.161 e. The van der Waals surface area contributed by atoms with Crippen LogP contribution in [0.2, 0.25) is 0 Å². The fraction of sp³-hybridized carbons (Fsp3) is 0.188. The lowest BCUT2D eigenvalue weighted by atomic mass is 10.1. The first-order valence-electron chi connectivity index (χ1n) is 6.42. The van der Waals surface area contributed by atoms with Gasteiger partial charge in [0.2, 0.25) is 0 Å². The third-order valence-corrected chi connectivity index (χ3v) is 3.08. The van der Waals surface area contributed by atoms with E-state index in [1.165, 1.54) is 6.92 Å². The summed E-state index contributed by atoms with van der Waals surface area (Å²) in [7, 11) is 4.00. The van der Waals surface area contributed by atoms with Crippen LogP contribution in [0.25, 0.3) is 0 Å². The van der Waals surface area contributed by atoms with Gasteiger partial charge in [0.25, 0.3) is 0 Å². The van der Waals surface area contributed by atoms with Gasteiger partial charge in [0.15, 0.2) is 5.78 Å². The molecule has 0 bridgehead atoms. The molecule has 0 saturated carbocycles. The van der Waals surface area contributed by atoms with Crippen LogP contribution in [0, 0.1) is 0 Å². The fourth-order valence-corrected chi connectivity index (χ4v) is 1.99. The summed E-state index contributed by atoms with van der Waals surface area (Å²) in [6.45, 7) is 1.51. The van der Waals surface area contributed by atoms with E-state index < -0.39 is 0 Å². The number of carbonyl (C=O) groups is 1. The van der Waals surface area contributed by atoms with Crippen LogP contribution in [0.1, 0.15) is 17.3 Å². The molecule has 2 aromatic rings. The molecule has 0 saturated heterocycles. The molecule has 2 aromatic carbocycles. The summed E-state index contributed by atoms with van der Waals surface area (Å²) in [5, 5.41) is 3.29. The molecule has 0 atom stereocenters. The van der Waals surface area contributed by atoms with E-state index in [4.69, 9.17) is 5.73 Å². The maximum absolute atomic E-state index is 11.3. The summed E-state index contributed by atoms with van der Waals surface area (Å²) < 4.78 is 0. The molecule has 0 heterocycles. The SMILES string of the molecule is CC(=O)c1ccc(Nc2cccc(N(C)C)c2)cc1N. The van der Waals surface area contributed by atoms with Gasteiger partial charge in [-0.15, -0.1) is 0 Å². The minimum atomic E-state index is -0.0244. The van der Waals surface area contributed by atoms with E-state index in [0.29, 0.717) is 11.3 Å². The third kappa shape index (κ3) is 3.09. The van der Waals surface area contributed by atoms with Gasteiger partial charge in [-0.3, -0.25) is 4.79 Å². The van der Waals surface area contributed by atoms with E-state index in [-0.39, 0.29) is 5.78 Å². The summed E-state index contributed by atoms with van der Waals surface area (Å²) in [6.07, 6.45) is 0. The lowest BCUT2D eigenvalue weighted by molar-refractivity contribution is 0.101. The van der Waals surface area contributed by atoms with Crippen LogP contribution in [-0.4, -0.2) is 19.9 Å². The summed E-state index contributed by atoms with van der Waals surface area (Å²) >= 11 is 0. The number of hydrogen-bond donors (Lipinski definition) is 2. The minimum Gasteiger partial charge on any atom is -0.398 e. The zero-order chi connectivity index (χ0) is 14.7. The van der Waals surface area contributed by atoms with Gasteiger partial charge in [0.1, 0.15) is 0 Å². The second kappa shape index (κ2) is 5.65. The summed E-state index contributed by atoms with van der Waals surface area (Å²) in [4.78, 5) is 13.4. The van der Waals surface area contributed by atoms with E-state index >= 15 is 0 Å². The molecule has 3 N–H and O–H groups in total. The highest BCUT2D eigenvalue weighted by Gasteiger charge is 2.05. The number of hydrogen-bond acceptors (Lipinski definition) is 4. The number of carbonyl (C=O) groups excluding carboxylic acids is 1. The molecule has 0 unspecified atom stereocenters. The second-order valence-corrected chi connectivity index (χ2v) is 4.93. The molecule has 0 amide bonds. The Kier molecular flexibility index (Phi) is 3.94. The molecule has 0 aliphatic rings. The van der Waals surface area contributed by atoms with E-state index in [0.717, 1.165) is 17.1 Å². The largest absolute Gasteiger partial charge is 0.398 e. The van der Waals surface area contributed by atoms with Gasteiger partial charge in [0, 0.05) is 42.4 Å². The Hall–Kier alpha value is -2.49. The van der Waals surface area contributed by atoms with Crippen molar-refractivity contribution in [1.29, 1.82) is 0 Å². The first-order chi connectivity index (χ1) is 9.47. The summed E-state index contributed by atoms with van der Waals surface area (Å²) in [6, 6.07) is 13.4. The monoisotopic (exact) mass is 269 g/mol. The zero-order valence-electron chi connectivity index (χ0n) is 12.0. The highest BCUT2D eigenvalue weighted by molar-refractivity contribution is 5.99. The van der Waals surface area contributed by atoms with Crippen molar-refractivity contribution in [3.05, 3.63) is 48.0 Å². The average Bonchev–Trinajstić information content (AvgIpc) is 2.38. The topological polar surface area (TPSA) is 58.4 Å². The first kappa shape index (κ1) is 13.9. The van der Waals surface area contributed by atoms with Gasteiger partial charge >= 0.3 is 0 Å². The van der Waals surface area contributed by atoms with Gasteiger partial charge in [-0.1, -0.05) is 6.07 Å². The molecular formula is C16H19N3O. The van der Waals surface area contributed by atoms with Gasteiger partial charge in [-0.2, -0.15) is 0 Å². The number of nitrogens with zero attached hydrogens (tertiary/aromatic N) is 1. The number of rotatable bonds is 4. The first-order valence-corrected chi connectivity index (χ1v) is 6.42. The Labute approximate surface area is 119 Å². The number of Topliss-reactive ketones (excluding diaryl/α,β-unsaturated/α-hetero) is 1. The van der Waals surface area contributed by atoms with E-state index in [9.17, 15) is 4.79 Å². The van der Waals surface area contributed by atoms with E-state index in [1.54, 1.807) is 12.1 Å². The number of benzene rings is 2. The third-order valence-electron chi connectivity index (χ3n) is 3.08. The number of ketones is 1. The molecule has 4 heteroatoms. The lowest BCUT2D eigenvalue weighted by Crippen LogP contribution is -2.08. The summed E-state index contributed by atoms with van der Waals surface area (Å²) in [5.74, 6) is -0.0244. The molecule has 0 fully saturated rings. The van der Waals surface area contributed by atoms with Crippen LogP contribution >= 0.6 is 0 Å². The highest BCUT2D eigenvalue weighted by Crippen LogP contribution is 2.24. The van der Waals surface area contributed by atoms with Crippen molar-refractivity contribution in [2.45, 2.75) is 6.92 Å². The molecule has 2 rings (SSSR count). The maximum Gasteiger partial charge on any atom is 0.161 e. The standard InChI is InChI=1S/C16H19N3O/c1-11(20)15-8-7-13(10-16(15)17)18-12-5-4-6-14(9-12)19(2)3/h4-10,18H,17H2,1-3H3. The van der Waals surface area contributed by atoms with Crippen molar-refractivity contribution in [1.82, 2.24) is 0 Å². The second-order valence-electron chi connectivity index (χ2n) is 4.93. The van der Waals surface area contributed by atoms with Gasteiger partial charge < -0.3 is 16.0 Å². The molecule has 0 aliphatic heterocycles. The van der Waals surface area contributed by atoms with Crippen molar-refractivity contribution >= 4 is 28.5 Å². The molecule has 4 nitrogen and oxygen atoms in total. The van der Waals surface area contributed by atoms with Crippen molar-refractivity contribution < 1.29 is 4.79 Å². The zero-order valence-corrected chi connectivity index (χ0v) is 12.0. The predicted molar refractivity (Wildman–Crippen MR) is 84.9 cm³/mol. The molecule has 0 radical (unpaired) electrons. The Morgan fingerprint density at radius 1 is 1.10 bits per heavy atom. The highest BCUT2D eigenvalue weighted by atomic mass is 16.1. The molecule has 0 aromatic heterocycles. The Bertz CT molecular complexity index is 635. The van der Waals surface area contributed by atoms with E-state index in [1.807, 2.05) is 43.3 Å². The number of nitrogens with two attached hydrogens (primary N) is 1. The fourth-order valence-electron chi connectivity index (χ4n) is 1.99. The normalized spacial score (nSPS) is 10.2. The molecule has 0 aliphatic carbocycles. The van der Waals surface area contributed by atoms with Crippen molar-refractivity contribution in [2.75, 3.05) is 30.0 Å². The number of anilines is 4. The summed E-state index contributed by atoms with van der Waals surface area (Å²) in [5.41, 5.74) is 9.89. The van der Waals surface area contributed by atoms with Gasteiger partial charge in [0.05, 0.1) is 0 Å². The van der Waals surface area contributed by atoms with Crippen LogP contribution < -0.4 is 16.0 Å². The maximum atomic E-state index is 11.3. The molecular weight excluding hydrogens is 250 g/mol. The molecule has 0 spiro atoms. The van der Waals surface area contributed by atoms with Gasteiger partial charge in [-0.05, 0) is 43.3 Å². The Morgan fingerprint density at radius 3 is 2.40 bits per heavy atom. The lowest BCUT2D eigenvalue weighted by Gasteiger charge is -2.15. The molecule has 104 valence electrons. The van der Waals surface area contributed by atoms with Crippen LogP contribution in [0.5, 0.6) is 0 Å². The van der Waals surface area contributed by atoms with Crippen LogP contribution in [0.15, 0.2) is 42.5 Å². The minimum absolute atomic E-state index is 0.0244. The van der Waals surface area contributed by atoms with Crippen LogP contribution in [0.4, 0.5) is 22.7 Å². The Morgan fingerprint density at radius 2 is 1.80 bits per heavy atom. The average molecular weight is 269 g/mol. The number of nitrogens with one attached hydrogen (secondary N) is 1. The van der Waals surface area contributed by atoms with Crippen molar-refractivity contribution in [3.8, 4) is 0 Å². The molecule has 20 heavy (non-hydrogen) atoms. The van der Waals surface area contributed by atoms with Gasteiger partial charge in [-0.25, -0.2) is 0 Å². The van der Waals surface area contributed by atoms with Crippen molar-refractivity contribution in [3.63, 3.8) is 0 Å². The van der Waals surface area contributed by atoms with Crippen LogP contribution in [0.3, 0.4) is 0 Å². The number of nitrogen functional groups attached to an aromatic ring is 1. The Balaban J connectivity index is 2.24. The quantitative estimate of drug-likeness (QED) is 0.660. The van der Waals surface area contributed by atoms with Crippen LogP contribution in [-0.2, 0) is 0 Å². The predicted octanol–water partition coefficient (Wildman–Crippen LogP) is 3.28. The van der Waals surface area contributed by atoms with E-state index in [2.05, 4.69) is 11.4 Å².